The summed E-state index contributed by atoms with van der Waals surface area (Å²) in [4.78, 5) is 34.7. The van der Waals surface area contributed by atoms with E-state index in [2.05, 4.69) is 20.6 Å². The van der Waals surface area contributed by atoms with Gasteiger partial charge >= 0.3 is 0 Å². The van der Waals surface area contributed by atoms with Gasteiger partial charge in [0, 0.05) is 32.0 Å². The van der Waals surface area contributed by atoms with Gasteiger partial charge in [-0.2, -0.15) is 0 Å². The van der Waals surface area contributed by atoms with E-state index in [1.54, 1.807) is 6.07 Å². The van der Waals surface area contributed by atoms with Crippen LogP contribution in [0.4, 0.5) is 10.3 Å². The molecule has 1 aliphatic heterocycles. The topological polar surface area (TPSA) is 87.2 Å². The monoisotopic (exact) mass is 343 g/mol. The zero-order valence-electron chi connectivity index (χ0n) is 13.7. The molecule has 1 aromatic heterocycles. The lowest BCUT2D eigenvalue weighted by Crippen LogP contribution is -2.52. The van der Waals surface area contributed by atoms with Crippen LogP contribution in [0.15, 0.2) is 36.7 Å². The number of carbonyl (C=O) groups excluding carboxylic acids is 2. The van der Waals surface area contributed by atoms with Gasteiger partial charge in [-0.15, -0.1) is 0 Å². The van der Waals surface area contributed by atoms with Crippen molar-refractivity contribution in [3.05, 3.63) is 53.6 Å². The molecule has 2 heterocycles. The Morgan fingerprint density at radius 3 is 2.84 bits per heavy atom. The minimum atomic E-state index is -0.884. The van der Waals surface area contributed by atoms with Crippen LogP contribution in [0.3, 0.4) is 0 Å². The molecule has 1 fully saturated rings. The Bertz CT molecular complexity index is 781. The molecular formula is C17H18FN5O2. The van der Waals surface area contributed by atoms with Gasteiger partial charge in [0.15, 0.2) is 0 Å². The van der Waals surface area contributed by atoms with E-state index in [1.165, 1.54) is 35.5 Å². The molecule has 2 aromatic rings. The SMILES string of the molecule is CCNc1ncc(C(=O)N2CCNC(=O)[C@@H]2c2cccc(F)c2)cn1. The number of benzene rings is 1. The Kier molecular flexibility index (Phi) is 4.87. The Balaban J connectivity index is 1.89. The standard InChI is InChI=1S/C17H18FN5O2/c1-2-19-17-21-9-12(10-22-17)16(25)23-7-6-20-15(24)14(23)11-4-3-5-13(18)8-11/h3-5,8-10,14H,2,6-7H2,1H3,(H,20,24)(H,19,21,22)/t14-/m0/s1. The maximum Gasteiger partial charge on any atom is 0.258 e. The lowest BCUT2D eigenvalue weighted by atomic mass is 10.0. The molecule has 0 aliphatic carbocycles. The van der Waals surface area contributed by atoms with Gasteiger partial charge in [-0.3, -0.25) is 9.59 Å². The summed E-state index contributed by atoms with van der Waals surface area (Å²) in [5, 5.41) is 5.66. The van der Waals surface area contributed by atoms with Crippen molar-refractivity contribution in [3.63, 3.8) is 0 Å². The summed E-state index contributed by atoms with van der Waals surface area (Å²) in [5.74, 6) is -0.735. The van der Waals surface area contributed by atoms with Gasteiger partial charge in [0.05, 0.1) is 5.56 Å². The van der Waals surface area contributed by atoms with Crippen LogP contribution in [-0.2, 0) is 4.79 Å². The quantitative estimate of drug-likeness (QED) is 0.875. The summed E-state index contributed by atoms with van der Waals surface area (Å²) in [6.45, 7) is 3.24. The summed E-state index contributed by atoms with van der Waals surface area (Å²) < 4.78 is 13.6. The number of aromatic nitrogens is 2. The molecule has 2 N–H and O–H groups in total. The third-order valence-electron chi connectivity index (χ3n) is 3.87. The highest BCUT2D eigenvalue weighted by molar-refractivity contribution is 5.98. The Hall–Kier alpha value is -3.03. The zero-order valence-corrected chi connectivity index (χ0v) is 13.7. The van der Waals surface area contributed by atoms with Crippen LogP contribution < -0.4 is 10.6 Å². The second-order valence-corrected chi connectivity index (χ2v) is 5.57. The molecule has 3 rings (SSSR count). The van der Waals surface area contributed by atoms with Crippen LogP contribution in [0.2, 0.25) is 0 Å². The number of hydrogen-bond donors (Lipinski definition) is 2. The van der Waals surface area contributed by atoms with Gasteiger partial charge in [0.25, 0.3) is 5.91 Å². The smallest absolute Gasteiger partial charge is 0.258 e. The van der Waals surface area contributed by atoms with E-state index in [9.17, 15) is 14.0 Å². The van der Waals surface area contributed by atoms with Crippen molar-refractivity contribution in [3.8, 4) is 0 Å². The normalized spacial score (nSPS) is 17.1. The summed E-state index contributed by atoms with van der Waals surface area (Å²) in [6.07, 6.45) is 2.84. The van der Waals surface area contributed by atoms with Gasteiger partial charge in [-0.25, -0.2) is 14.4 Å². The molecule has 0 bridgehead atoms. The number of rotatable bonds is 4. The molecule has 0 saturated carbocycles. The van der Waals surface area contributed by atoms with Crippen LogP contribution in [0.5, 0.6) is 0 Å². The highest BCUT2D eigenvalue weighted by Gasteiger charge is 2.35. The van der Waals surface area contributed by atoms with Gasteiger partial charge in [-0.05, 0) is 24.6 Å². The molecule has 0 spiro atoms. The van der Waals surface area contributed by atoms with Crippen molar-refractivity contribution in [1.82, 2.24) is 20.2 Å². The first kappa shape index (κ1) is 16.8. The highest BCUT2D eigenvalue weighted by atomic mass is 19.1. The largest absolute Gasteiger partial charge is 0.355 e. The summed E-state index contributed by atoms with van der Waals surface area (Å²) in [5.41, 5.74) is 0.702. The third kappa shape index (κ3) is 3.57. The molecule has 8 heteroatoms. The number of anilines is 1. The fourth-order valence-corrected chi connectivity index (χ4v) is 2.75. The predicted octanol–water partition coefficient (Wildman–Crippen LogP) is 1.36. The van der Waals surface area contributed by atoms with E-state index in [4.69, 9.17) is 0 Å². The number of hydrogen-bond acceptors (Lipinski definition) is 5. The first-order valence-corrected chi connectivity index (χ1v) is 8.00. The molecule has 0 radical (unpaired) electrons. The Morgan fingerprint density at radius 2 is 2.16 bits per heavy atom. The summed E-state index contributed by atoms with van der Waals surface area (Å²) in [7, 11) is 0. The number of halogens is 1. The molecule has 7 nitrogen and oxygen atoms in total. The molecular weight excluding hydrogens is 325 g/mol. The van der Waals surface area contributed by atoms with Gasteiger partial charge in [0.1, 0.15) is 11.9 Å². The summed E-state index contributed by atoms with van der Waals surface area (Å²) in [6, 6.07) is 4.82. The van der Waals surface area contributed by atoms with Crippen LogP contribution >= 0.6 is 0 Å². The average Bonchev–Trinajstić information content (AvgIpc) is 2.62. The molecule has 1 aromatic carbocycles. The van der Waals surface area contributed by atoms with Crippen molar-refractivity contribution in [2.75, 3.05) is 25.0 Å². The first-order chi connectivity index (χ1) is 12.1. The van der Waals surface area contributed by atoms with Crippen molar-refractivity contribution >= 4 is 17.8 Å². The van der Waals surface area contributed by atoms with Crippen LogP contribution in [0, 0.1) is 5.82 Å². The van der Waals surface area contributed by atoms with Crippen LogP contribution in [-0.4, -0.2) is 46.3 Å². The number of nitrogens with zero attached hydrogens (tertiary/aromatic N) is 3. The van der Waals surface area contributed by atoms with Crippen molar-refractivity contribution < 1.29 is 14.0 Å². The van der Waals surface area contributed by atoms with Crippen LogP contribution in [0.1, 0.15) is 28.9 Å². The fraction of sp³-hybridized carbons (Fsp3) is 0.294. The first-order valence-electron chi connectivity index (χ1n) is 8.00. The van der Waals surface area contributed by atoms with E-state index in [1.807, 2.05) is 6.92 Å². The lowest BCUT2D eigenvalue weighted by Gasteiger charge is -2.35. The summed E-state index contributed by atoms with van der Waals surface area (Å²) >= 11 is 0. The van der Waals surface area contributed by atoms with E-state index in [0.29, 0.717) is 31.1 Å². The third-order valence-corrected chi connectivity index (χ3v) is 3.87. The second-order valence-electron chi connectivity index (χ2n) is 5.57. The molecule has 1 saturated heterocycles. The Labute approximate surface area is 144 Å². The average molecular weight is 343 g/mol. The maximum absolute atomic E-state index is 13.6. The molecule has 130 valence electrons. The number of piperazine rings is 1. The number of carbonyl (C=O) groups is 2. The fourth-order valence-electron chi connectivity index (χ4n) is 2.75. The highest BCUT2D eigenvalue weighted by Crippen LogP contribution is 2.25. The van der Waals surface area contributed by atoms with Crippen molar-refractivity contribution in [1.29, 1.82) is 0 Å². The molecule has 1 aliphatic rings. The van der Waals surface area contributed by atoms with Crippen molar-refractivity contribution in [2.45, 2.75) is 13.0 Å². The van der Waals surface area contributed by atoms with E-state index in [0.717, 1.165) is 0 Å². The lowest BCUT2D eigenvalue weighted by molar-refractivity contribution is -0.128. The number of amides is 2. The van der Waals surface area contributed by atoms with E-state index in [-0.39, 0.29) is 17.4 Å². The van der Waals surface area contributed by atoms with Crippen molar-refractivity contribution in [2.24, 2.45) is 0 Å². The molecule has 25 heavy (non-hydrogen) atoms. The predicted molar refractivity (Wildman–Crippen MR) is 89.4 cm³/mol. The minimum Gasteiger partial charge on any atom is -0.355 e. The zero-order chi connectivity index (χ0) is 17.8. The minimum absolute atomic E-state index is 0.276. The van der Waals surface area contributed by atoms with Gasteiger partial charge in [0.2, 0.25) is 11.9 Å². The number of nitrogens with one attached hydrogen (secondary N) is 2. The second kappa shape index (κ2) is 7.25. The molecule has 2 amide bonds. The van der Waals surface area contributed by atoms with E-state index >= 15 is 0 Å². The maximum atomic E-state index is 13.6. The molecule has 0 unspecified atom stereocenters. The van der Waals surface area contributed by atoms with Crippen LogP contribution in [0.25, 0.3) is 0 Å². The van der Waals surface area contributed by atoms with Gasteiger partial charge in [-0.1, -0.05) is 12.1 Å². The van der Waals surface area contributed by atoms with Gasteiger partial charge < -0.3 is 15.5 Å². The Morgan fingerprint density at radius 1 is 1.40 bits per heavy atom. The molecule has 1 atom stereocenters. The van der Waals surface area contributed by atoms with E-state index < -0.39 is 11.9 Å².